The number of rotatable bonds is 8. The predicted molar refractivity (Wildman–Crippen MR) is 102 cm³/mol. The van der Waals surface area contributed by atoms with Gasteiger partial charge in [-0.05, 0) is 25.3 Å². The van der Waals surface area contributed by atoms with Crippen molar-refractivity contribution in [3.8, 4) is 0 Å². The Labute approximate surface area is 156 Å². The number of nitrogens with one attached hydrogen (secondary N) is 1. The molecule has 1 heterocycles. The fourth-order valence-corrected chi connectivity index (χ4v) is 3.28. The highest BCUT2D eigenvalue weighted by Crippen LogP contribution is 2.18. The second kappa shape index (κ2) is 9.14. The zero-order valence-electron chi connectivity index (χ0n) is 15.7. The molecule has 26 heavy (non-hydrogen) atoms. The third-order valence-corrected chi connectivity index (χ3v) is 5.08. The minimum absolute atomic E-state index is 0.136. The van der Waals surface area contributed by atoms with Crippen molar-refractivity contribution in [2.45, 2.75) is 32.4 Å². The Morgan fingerprint density at radius 2 is 1.65 bits per heavy atom. The van der Waals surface area contributed by atoms with E-state index < -0.39 is 0 Å². The van der Waals surface area contributed by atoms with Crippen LogP contribution in [0, 0.1) is 0 Å². The SMILES string of the molecule is CCN(Cc1ccccc1)C(=O)CN1CCN(CC(=O)NC2CC2)CC1. The molecule has 0 spiro atoms. The van der Waals surface area contributed by atoms with Crippen molar-refractivity contribution in [3.63, 3.8) is 0 Å². The van der Waals surface area contributed by atoms with Gasteiger partial charge in [0.25, 0.3) is 0 Å². The monoisotopic (exact) mass is 358 g/mol. The van der Waals surface area contributed by atoms with Crippen molar-refractivity contribution in [2.24, 2.45) is 0 Å². The average Bonchev–Trinajstić information content (AvgIpc) is 3.46. The summed E-state index contributed by atoms with van der Waals surface area (Å²) >= 11 is 0. The van der Waals surface area contributed by atoms with Crippen LogP contribution in [-0.2, 0) is 16.1 Å². The highest BCUT2D eigenvalue weighted by atomic mass is 16.2. The fourth-order valence-electron chi connectivity index (χ4n) is 3.28. The lowest BCUT2D eigenvalue weighted by molar-refractivity contribution is -0.133. The summed E-state index contributed by atoms with van der Waals surface area (Å²) in [5.74, 6) is 0.313. The van der Waals surface area contributed by atoms with E-state index in [0.717, 1.165) is 51.1 Å². The largest absolute Gasteiger partial charge is 0.352 e. The number of amides is 2. The van der Waals surface area contributed by atoms with Crippen LogP contribution in [0.25, 0.3) is 0 Å². The Kier molecular flexibility index (Phi) is 6.63. The zero-order valence-corrected chi connectivity index (χ0v) is 15.7. The molecule has 1 aliphatic heterocycles. The van der Waals surface area contributed by atoms with Crippen molar-refractivity contribution >= 4 is 11.8 Å². The van der Waals surface area contributed by atoms with Gasteiger partial charge < -0.3 is 10.2 Å². The van der Waals surface area contributed by atoms with Crippen molar-refractivity contribution in [3.05, 3.63) is 35.9 Å². The highest BCUT2D eigenvalue weighted by Gasteiger charge is 2.26. The van der Waals surface area contributed by atoms with E-state index in [1.165, 1.54) is 0 Å². The Hall–Kier alpha value is -1.92. The van der Waals surface area contributed by atoms with Gasteiger partial charge in [0.2, 0.25) is 11.8 Å². The molecule has 0 atom stereocenters. The Bertz CT molecular complexity index is 595. The maximum absolute atomic E-state index is 12.6. The van der Waals surface area contributed by atoms with Crippen molar-refractivity contribution in [1.29, 1.82) is 0 Å². The van der Waals surface area contributed by atoms with E-state index in [4.69, 9.17) is 0 Å². The third kappa shape index (κ3) is 5.81. The van der Waals surface area contributed by atoms with Gasteiger partial charge in [-0.3, -0.25) is 19.4 Å². The summed E-state index contributed by atoms with van der Waals surface area (Å²) in [6, 6.07) is 10.5. The molecule has 1 saturated heterocycles. The first-order chi connectivity index (χ1) is 12.6. The normalized spacial score (nSPS) is 18.5. The van der Waals surface area contributed by atoms with Crippen LogP contribution in [0.1, 0.15) is 25.3 Å². The van der Waals surface area contributed by atoms with Gasteiger partial charge >= 0.3 is 0 Å². The summed E-state index contributed by atoms with van der Waals surface area (Å²) in [4.78, 5) is 30.8. The lowest BCUT2D eigenvalue weighted by Gasteiger charge is -2.35. The molecule has 0 unspecified atom stereocenters. The van der Waals surface area contributed by atoms with Gasteiger partial charge in [0.15, 0.2) is 0 Å². The number of nitrogens with zero attached hydrogens (tertiary/aromatic N) is 3. The standard InChI is InChI=1S/C20H30N4O2/c1-2-24(14-17-6-4-3-5-7-17)20(26)16-23-12-10-22(11-13-23)15-19(25)21-18-8-9-18/h3-7,18H,2,8-16H2,1H3,(H,21,25). The van der Waals surface area contributed by atoms with Crippen LogP contribution in [0.2, 0.25) is 0 Å². The molecule has 2 aliphatic rings. The Morgan fingerprint density at radius 1 is 1.04 bits per heavy atom. The first kappa shape index (κ1) is 18.9. The van der Waals surface area contributed by atoms with Crippen LogP contribution in [0.3, 0.4) is 0 Å². The Balaban J connectivity index is 1.39. The van der Waals surface area contributed by atoms with Crippen LogP contribution in [0.15, 0.2) is 30.3 Å². The van der Waals surface area contributed by atoms with E-state index in [1.54, 1.807) is 0 Å². The molecule has 1 aromatic carbocycles. The number of likely N-dealkylation sites (N-methyl/N-ethyl adjacent to an activating group) is 1. The molecule has 2 amide bonds. The van der Waals surface area contributed by atoms with Crippen molar-refractivity contribution in [1.82, 2.24) is 20.0 Å². The second-order valence-corrected chi connectivity index (χ2v) is 7.29. The summed E-state index contributed by atoms with van der Waals surface area (Å²) in [5, 5.41) is 3.04. The van der Waals surface area contributed by atoms with Gasteiger partial charge in [0.05, 0.1) is 13.1 Å². The van der Waals surface area contributed by atoms with Crippen LogP contribution < -0.4 is 5.32 Å². The fraction of sp³-hybridized carbons (Fsp3) is 0.600. The zero-order chi connectivity index (χ0) is 18.4. The van der Waals surface area contributed by atoms with Gasteiger partial charge in [-0.2, -0.15) is 0 Å². The molecule has 3 rings (SSSR count). The summed E-state index contributed by atoms with van der Waals surface area (Å²) in [7, 11) is 0. The molecule has 0 bridgehead atoms. The van der Waals surface area contributed by atoms with Crippen molar-refractivity contribution in [2.75, 3.05) is 45.8 Å². The van der Waals surface area contributed by atoms with E-state index in [-0.39, 0.29) is 11.8 Å². The number of hydrogen-bond donors (Lipinski definition) is 1. The Morgan fingerprint density at radius 3 is 2.23 bits per heavy atom. The maximum Gasteiger partial charge on any atom is 0.237 e. The molecule has 2 fully saturated rings. The topological polar surface area (TPSA) is 55.9 Å². The summed E-state index contributed by atoms with van der Waals surface area (Å²) in [6.45, 7) is 7.71. The second-order valence-electron chi connectivity index (χ2n) is 7.29. The average molecular weight is 358 g/mol. The molecule has 6 heteroatoms. The van der Waals surface area contributed by atoms with E-state index >= 15 is 0 Å². The number of hydrogen-bond acceptors (Lipinski definition) is 4. The van der Waals surface area contributed by atoms with Gasteiger partial charge in [0, 0.05) is 45.3 Å². The van der Waals surface area contributed by atoms with Crippen molar-refractivity contribution < 1.29 is 9.59 Å². The summed E-state index contributed by atoms with van der Waals surface area (Å²) in [5.41, 5.74) is 1.16. The third-order valence-electron chi connectivity index (χ3n) is 5.08. The van der Waals surface area contributed by atoms with E-state index in [0.29, 0.717) is 25.7 Å². The minimum Gasteiger partial charge on any atom is -0.352 e. The van der Waals surface area contributed by atoms with Gasteiger partial charge in [0.1, 0.15) is 0 Å². The smallest absolute Gasteiger partial charge is 0.237 e. The molecule has 142 valence electrons. The number of carbonyl (C=O) groups is 2. The van der Waals surface area contributed by atoms with Gasteiger partial charge in [-0.15, -0.1) is 0 Å². The highest BCUT2D eigenvalue weighted by molar-refractivity contribution is 5.79. The molecule has 0 radical (unpaired) electrons. The molecule has 1 aromatic rings. The van der Waals surface area contributed by atoms with Gasteiger partial charge in [-0.25, -0.2) is 0 Å². The van der Waals surface area contributed by atoms with E-state index in [2.05, 4.69) is 27.2 Å². The number of piperazine rings is 1. The van der Waals surface area contributed by atoms with E-state index in [9.17, 15) is 9.59 Å². The van der Waals surface area contributed by atoms with Crippen LogP contribution in [0.5, 0.6) is 0 Å². The quantitative estimate of drug-likeness (QED) is 0.751. The molecule has 1 N–H and O–H groups in total. The summed E-state index contributed by atoms with van der Waals surface area (Å²) < 4.78 is 0. The van der Waals surface area contributed by atoms with Gasteiger partial charge in [-0.1, -0.05) is 30.3 Å². The predicted octanol–water partition coefficient (Wildman–Crippen LogP) is 0.931. The van der Waals surface area contributed by atoms with E-state index in [1.807, 2.05) is 30.0 Å². The maximum atomic E-state index is 12.6. The lowest BCUT2D eigenvalue weighted by atomic mass is 10.2. The lowest BCUT2D eigenvalue weighted by Crippen LogP contribution is -2.52. The molecule has 1 saturated carbocycles. The molecular formula is C20H30N4O2. The van der Waals surface area contributed by atoms with Crippen LogP contribution in [-0.4, -0.2) is 78.4 Å². The number of benzene rings is 1. The van der Waals surface area contributed by atoms with Crippen LogP contribution >= 0.6 is 0 Å². The molecular weight excluding hydrogens is 328 g/mol. The summed E-state index contributed by atoms with van der Waals surface area (Å²) in [6.07, 6.45) is 2.25. The first-order valence-corrected chi connectivity index (χ1v) is 9.70. The molecule has 0 aromatic heterocycles. The van der Waals surface area contributed by atoms with Crippen LogP contribution in [0.4, 0.5) is 0 Å². The molecule has 1 aliphatic carbocycles. The first-order valence-electron chi connectivity index (χ1n) is 9.70. The molecule has 6 nitrogen and oxygen atoms in total. The number of carbonyl (C=O) groups excluding carboxylic acids is 2. The minimum atomic E-state index is 0.136.